The number of rotatable bonds is 3. The lowest BCUT2D eigenvalue weighted by atomic mass is 10.1. The van der Waals surface area contributed by atoms with Crippen molar-refractivity contribution in [3.63, 3.8) is 0 Å². The van der Waals surface area contributed by atoms with Crippen molar-refractivity contribution in [1.29, 1.82) is 0 Å². The zero-order valence-electron chi connectivity index (χ0n) is 13.6. The summed E-state index contributed by atoms with van der Waals surface area (Å²) in [6.45, 7) is 7.21. The first-order chi connectivity index (χ1) is 10.7. The van der Waals surface area contributed by atoms with Gasteiger partial charge in [-0.2, -0.15) is 5.10 Å². The van der Waals surface area contributed by atoms with Crippen molar-refractivity contribution in [1.82, 2.24) is 15.1 Å². The van der Waals surface area contributed by atoms with Crippen LogP contribution in [0.15, 0.2) is 41.2 Å². The van der Waals surface area contributed by atoms with E-state index in [4.69, 9.17) is 0 Å². The predicted molar refractivity (Wildman–Crippen MR) is 86.5 cm³/mol. The number of hydrogen-bond acceptors (Lipinski definition) is 3. The van der Waals surface area contributed by atoms with E-state index in [0.29, 0.717) is 11.3 Å². The van der Waals surface area contributed by atoms with Crippen LogP contribution >= 0.6 is 0 Å². The van der Waals surface area contributed by atoms with E-state index in [-0.39, 0.29) is 17.3 Å². The molecule has 1 aromatic carbocycles. The van der Waals surface area contributed by atoms with Gasteiger partial charge in [-0.25, -0.2) is 9.07 Å². The smallest absolute Gasteiger partial charge is 0.267 e. The molecule has 1 unspecified atom stereocenters. The van der Waals surface area contributed by atoms with Gasteiger partial charge in [0.05, 0.1) is 5.69 Å². The summed E-state index contributed by atoms with van der Waals surface area (Å²) in [5, 5.41) is 7.07. The first-order valence-electron chi connectivity index (χ1n) is 7.35. The molecule has 0 fully saturated rings. The highest BCUT2D eigenvalue weighted by molar-refractivity contribution is 5.80. The zero-order valence-corrected chi connectivity index (χ0v) is 13.6. The fourth-order valence-corrected chi connectivity index (χ4v) is 2.06. The van der Waals surface area contributed by atoms with Gasteiger partial charge in [-0.05, 0) is 58.0 Å². The van der Waals surface area contributed by atoms with Crippen molar-refractivity contribution in [2.45, 2.75) is 39.3 Å². The molecule has 0 bridgehead atoms. The minimum Gasteiger partial charge on any atom is -0.350 e. The highest BCUT2D eigenvalue weighted by Crippen LogP contribution is 2.16. The van der Waals surface area contributed by atoms with Gasteiger partial charge < -0.3 is 5.32 Å². The molecule has 0 saturated heterocycles. The lowest BCUT2D eigenvalue weighted by molar-refractivity contribution is -0.125. The Balaban J connectivity index is 2.35. The SMILES string of the molecule is CC(C(=O)NC(C)(C)C)n1nc(-c2ccc(F)cc2)ccc1=O. The van der Waals surface area contributed by atoms with Crippen molar-refractivity contribution in [2.24, 2.45) is 0 Å². The molecule has 2 rings (SSSR count). The molecule has 0 radical (unpaired) electrons. The predicted octanol–water partition coefficient (Wildman–Crippen LogP) is 2.53. The second kappa shape index (κ2) is 6.32. The number of nitrogens with zero attached hydrogens (tertiary/aromatic N) is 2. The third-order valence-electron chi connectivity index (χ3n) is 3.21. The Bertz CT molecular complexity index is 761. The number of carbonyl (C=O) groups is 1. The third kappa shape index (κ3) is 4.25. The number of halogens is 1. The minimum absolute atomic E-state index is 0.289. The molecule has 23 heavy (non-hydrogen) atoms. The van der Waals surface area contributed by atoms with Gasteiger partial charge in [-0.15, -0.1) is 0 Å². The maximum Gasteiger partial charge on any atom is 0.267 e. The number of amides is 1. The quantitative estimate of drug-likeness (QED) is 0.946. The molecule has 6 heteroatoms. The van der Waals surface area contributed by atoms with Crippen LogP contribution in [0.2, 0.25) is 0 Å². The summed E-state index contributed by atoms with van der Waals surface area (Å²) in [6, 6.07) is 7.96. The Morgan fingerprint density at radius 3 is 2.35 bits per heavy atom. The van der Waals surface area contributed by atoms with E-state index in [0.717, 1.165) is 4.68 Å². The van der Waals surface area contributed by atoms with Crippen molar-refractivity contribution in [2.75, 3.05) is 0 Å². The zero-order chi connectivity index (χ0) is 17.2. The lowest BCUT2D eigenvalue weighted by Gasteiger charge is -2.23. The molecule has 0 saturated carbocycles. The molecule has 0 aliphatic heterocycles. The average molecular weight is 317 g/mol. The molecular weight excluding hydrogens is 297 g/mol. The first kappa shape index (κ1) is 16.9. The van der Waals surface area contributed by atoms with Gasteiger partial charge in [0.1, 0.15) is 11.9 Å². The number of nitrogens with one attached hydrogen (secondary N) is 1. The second-order valence-electron chi connectivity index (χ2n) is 6.42. The summed E-state index contributed by atoms with van der Waals surface area (Å²) in [5.74, 6) is -0.636. The molecule has 0 aliphatic rings. The number of aromatic nitrogens is 2. The van der Waals surface area contributed by atoms with E-state index < -0.39 is 11.6 Å². The fraction of sp³-hybridized carbons (Fsp3) is 0.353. The molecular formula is C17H20FN3O2. The number of carbonyl (C=O) groups excluding carboxylic acids is 1. The van der Waals surface area contributed by atoms with E-state index in [1.807, 2.05) is 20.8 Å². The van der Waals surface area contributed by atoms with Crippen LogP contribution in [-0.2, 0) is 4.79 Å². The van der Waals surface area contributed by atoms with Gasteiger partial charge in [-0.1, -0.05) is 0 Å². The van der Waals surface area contributed by atoms with Crippen molar-refractivity contribution in [3.8, 4) is 11.3 Å². The Hall–Kier alpha value is -2.50. The summed E-state index contributed by atoms with van der Waals surface area (Å²) in [6.07, 6.45) is 0. The summed E-state index contributed by atoms with van der Waals surface area (Å²) < 4.78 is 14.1. The van der Waals surface area contributed by atoms with Crippen molar-refractivity contribution >= 4 is 5.91 Å². The van der Waals surface area contributed by atoms with Gasteiger partial charge in [0.15, 0.2) is 0 Å². The van der Waals surface area contributed by atoms with Crippen LogP contribution in [0.3, 0.4) is 0 Å². The molecule has 1 aromatic heterocycles. The lowest BCUT2D eigenvalue weighted by Crippen LogP contribution is -2.45. The monoisotopic (exact) mass is 317 g/mol. The van der Waals surface area contributed by atoms with Gasteiger partial charge >= 0.3 is 0 Å². The Labute approximate surface area is 134 Å². The largest absolute Gasteiger partial charge is 0.350 e. The standard InChI is InChI=1S/C17H20FN3O2/c1-11(16(23)19-17(2,3)4)21-15(22)10-9-14(20-21)12-5-7-13(18)8-6-12/h5-11H,1-4H3,(H,19,23). The van der Waals surface area contributed by atoms with Crippen LogP contribution in [0, 0.1) is 5.82 Å². The first-order valence-corrected chi connectivity index (χ1v) is 7.35. The van der Waals surface area contributed by atoms with Crippen LogP contribution < -0.4 is 10.9 Å². The van der Waals surface area contributed by atoms with E-state index in [1.54, 1.807) is 25.1 Å². The fourth-order valence-electron chi connectivity index (χ4n) is 2.06. The van der Waals surface area contributed by atoms with Gasteiger partial charge in [0, 0.05) is 17.2 Å². The molecule has 1 heterocycles. The van der Waals surface area contributed by atoms with Crippen LogP contribution in [-0.4, -0.2) is 21.2 Å². The molecule has 1 amide bonds. The number of benzene rings is 1. The summed E-state index contributed by atoms with van der Waals surface area (Å²) >= 11 is 0. The van der Waals surface area contributed by atoms with E-state index in [9.17, 15) is 14.0 Å². The molecule has 5 nitrogen and oxygen atoms in total. The summed E-state index contributed by atoms with van der Waals surface area (Å²) in [7, 11) is 0. The van der Waals surface area contributed by atoms with Crippen LogP contribution in [0.1, 0.15) is 33.7 Å². The van der Waals surface area contributed by atoms with Gasteiger partial charge in [0.2, 0.25) is 5.91 Å². The normalized spacial score (nSPS) is 12.7. The van der Waals surface area contributed by atoms with E-state index in [2.05, 4.69) is 10.4 Å². The number of hydrogen-bond donors (Lipinski definition) is 1. The highest BCUT2D eigenvalue weighted by Gasteiger charge is 2.22. The van der Waals surface area contributed by atoms with Crippen LogP contribution in [0.4, 0.5) is 4.39 Å². The maximum atomic E-state index is 13.0. The Morgan fingerprint density at radius 2 is 1.78 bits per heavy atom. The summed E-state index contributed by atoms with van der Waals surface area (Å²) in [5.41, 5.74) is 0.403. The molecule has 122 valence electrons. The van der Waals surface area contributed by atoms with Gasteiger partial charge in [-0.3, -0.25) is 9.59 Å². The third-order valence-corrected chi connectivity index (χ3v) is 3.21. The molecule has 1 atom stereocenters. The van der Waals surface area contributed by atoms with Crippen LogP contribution in [0.5, 0.6) is 0 Å². The van der Waals surface area contributed by atoms with E-state index >= 15 is 0 Å². The minimum atomic E-state index is -0.748. The molecule has 2 aromatic rings. The Kier molecular flexibility index (Phi) is 4.63. The maximum absolute atomic E-state index is 13.0. The summed E-state index contributed by atoms with van der Waals surface area (Å²) in [4.78, 5) is 24.3. The Morgan fingerprint density at radius 1 is 1.17 bits per heavy atom. The second-order valence-corrected chi connectivity index (χ2v) is 6.42. The van der Waals surface area contributed by atoms with Crippen molar-refractivity contribution < 1.29 is 9.18 Å². The average Bonchev–Trinajstić information content (AvgIpc) is 2.46. The molecule has 0 spiro atoms. The van der Waals surface area contributed by atoms with Crippen molar-refractivity contribution in [3.05, 3.63) is 52.6 Å². The molecule has 0 aliphatic carbocycles. The van der Waals surface area contributed by atoms with Crippen LogP contribution in [0.25, 0.3) is 11.3 Å². The highest BCUT2D eigenvalue weighted by atomic mass is 19.1. The van der Waals surface area contributed by atoms with Gasteiger partial charge in [0.25, 0.3) is 5.56 Å². The molecule has 1 N–H and O–H groups in total. The topological polar surface area (TPSA) is 64.0 Å². The van der Waals surface area contributed by atoms with E-state index in [1.165, 1.54) is 18.2 Å².